The van der Waals surface area contributed by atoms with Crippen molar-refractivity contribution < 1.29 is 111 Å². The third-order valence-corrected chi connectivity index (χ3v) is 0. The van der Waals surface area contributed by atoms with Crippen molar-refractivity contribution in [1.82, 2.24) is 0 Å². The van der Waals surface area contributed by atoms with Crippen molar-refractivity contribution >= 4 is 0 Å². The number of hydrogen-bond acceptors (Lipinski definition) is 0. The van der Waals surface area contributed by atoms with E-state index in [9.17, 15) is 0 Å². The van der Waals surface area contributed by atoms with Crippen LogP contribution in [0.1, 0.15) is 7.43 Å². The minimum Gasteiger partial charge on any atom is -0.0776 e. The summed E-state index contributed by atoms with van der Waals surface area (Å²) >= 11 is 0. The molecule has 38 valence electrons. The molecule has 6 heteroatoms. The molecule has 0 heterocycles. The first kappa shape index (κ1) is 77.2. The summed E-state index contributed by atoms with van der Waals surface area (Å²) in [5, 5.41) is 0. The Hall–Kier alpha value is 3.51. The van der Waals surface area contributed by atoms with Gasteiger partial charge in [-0.05, 0) is 0 Å². The second-order valence-electron chi connectivity index (χ2n) is 0. The minimum atomic E-state index is 0. The van der Waals surface area contributed by atoms with Gasteiger partial charge in [0.05, 0.1) is 0 Å². The molecule has 0 atom stereocenters. The zero-order chi connectivity index (χ0) is 0. The van der Waals surface area contributed by atoms with Gasteiger partial charge < -0.3 is 0 Å². The Kier molecular flexibility index (Phi) is 617. The van der Waals surface area contributed by atoms with Crippen LogP contribution in [0.25, 0.3) is 0 Å². The van der Waals surface area contributed by atoms with Gasteiger partial charge in [0.2, 0.25) is 0 Å². The van der Waals surface area contributed by atoms with E-state index in [0.29, 0.717) is 0 Å². The molecule has 0 unspecified atom stereocenters. The Balaban J connectivity index is 0. The maximum atomic E-state index is 0. The van der Waals surface area contributed by atoms with E-state index in [0.717, 1.165) is 0 Å². The Bertz CT molecular complexity index is 4.14. The largest absolute Gasteiger partial charge is 0.0776 e. The predicted octanol–water partition coefficient (Wildman–Crippen LogP) is 0.621. The first-order valence-electron chi connectivity index (χ1n) is 0. The molecule has 0 aromatic carbocycles. The summed E-state index contributed by atoms with van der Waals surface area (Å²) in [5.74, 6) is 0. The van der Waals surface area contributed by atoms with Crippen molar-refractivity contribution in [1.29, 1.82) is 0 Å². The van der Waals surface area contributed by atoms with Gasteiger partial charge in [0.15, 0.2) is 0 Å². The Morgan fingerprint density at radius 3 is 0.286 bits per heavy atom. The van der Waals surface area contributed by atoms with E-state index < -0.39 is 0 Å². The molecule has 0 saturated heterocycles. The molecule has 0 saturated carbocycles. The molecule has 0 N–H and O–H groups in total. The average molecular weight is 322 g/mol. The Morgan fingerprint density at radius 2 is 0.286 bits per heavy atom. The van der Waals surface area contributed by atoms with Gasteiger partial charge in [-0.25, -0.2) is 0 Å². The summed E-state index contributed by atoms with van der Waals surface area (Å²) in [4.78, 5) is 0. The SMILES string of the molecule is C.[V].[V].[V].[V].[V].[V]. The summed E-state index contributed by atoms with van der Waals surface area (Å²) in [5.41, 5.74) is 0. The monoisotopic (exact) mass is 322 g/mol. The van der Waals surface area contributed by atoms with Gasteiger partial charge in [-0.3, -0.25) is 0 Å². The standard InChI is InChI=1S/CH4.6V/h1H4;;;;;;. The molecule has 0 aliphatic carbocycles. The van der Waals surface area contributed by atoms with Gasteiger partial charge in [0, 0.05) is 111 Å². The Morgan fingerprint density at radius 1 is 0.286 bits per heavy atom. The molecule has 6 radical (unpaired) electrons. The van der Waals surface area contributed by atoms with Crippen LogP contribution in [-0.4, -0.2) is 0 Å². The van der Waals surface area contributed by atoms with E-state index in [2.05, 4.69) is 0 Å². The van der Waals surface area contributed by atoms with Crippen molar-refractivity contribution in [2.75, 3.05) is 0 Å². The predicted molar refractivity (Wildman–Crippen MR) is 6.73 cm³/mol. The molecule has 0 spiro atoms. The van der Waals surface area contributed by atoms with Crippen LogP contribution in [0.3, 0.4) is 0 Å². The molecule has 0 bridgehead atoms. The maximum absolute atomic E-state index is 0. The summed E-state index contributed by atoms with van der Waals surface area (Å²) in [6.07, 6.45) is 0. The summed E-state index contributed by atoms with van der Waals surface area (Å²) < 4.78 is 0. The van der Waals surface area contributed by atoms with E-state index in [4.69, 9.17) is 0 Å². The fraction of sp³-hybridized carbons (Fsp3) is 1.00. The molecule has 0 nitrogen and oxygen atoms in total. The quantitative estimate of drug-likeness (QED) is 0.614. The van der Waals surface area contributed by atoms with Crippen molar-refractivity contribution in [3.05, 3.63) is 0 Å². The average Bonchev–Trinajstić information content (AvgIpc) is 0. The van der Waals surface area contributed by atoms with Crippen LogP contribution < -0.4 is 0 Å². The molecule has 0 aromatic heterocycles. The Labute approximate surface area is 117 Å². The molecule has 0 rings (SSSR count). The van der Waals surface area contributed by atoms with Crippen LogP contribution >= 0.6 is 0 Å². The summed E-state index contributed by atoms with van der Waals surface area (Å²) in [6.45, 7) is 0. The van der Waals surface area contributed by atoms with Crippen molar-refractivity contribution in [2.45, 2.75) is 7.43 Å². The van der Waals surface area contributed by atoms with Crippen LogP contribution in [0.5, 0.6) is 0 Å². The molecule has 0 fully saturated rings. The van der Waals surface area contributed by atoms with E-state index in [1.807, 2.05) is 0 Å². The van der Waals surface area contributed by atoms with E-state index in [-0.39, 0.29) is 119 Å². The zero-order valence-electron chi connectivity index (χ0n) is 2.68. The molecule has 0 amide bonds. The van der Waals surface area contributed by atoms with Gasteiger partial charge >= 0.3 is 0 Å². The zero-order valence-corrected chi connectivity index (χ0v) is 11.1. The fourth-order valence-corrected chi connectivity index (χ4v) is 0. The normalized spacial score (nSPS) is 0. The molecule has 0 aliphatic heterocycles. The molecule has 0 aromatic rings. The van der Waals surface area contributed by atoms with E-state index in [1.54, 1.807) is 0 Å². The van der Waals surface area contributed by atoms with Crippen LogP contribution in [0.2, 0.25) is 0 Å². The smallest absolute Gasteiger partial charge is 0 e. The topological polar surface area (TPSA) is 0 Å². The van der Waals surface area contributed by atoms with Gasteiger partial charge in [-0.15, -0.1) is 0 Å². The summed E-state index contributed by atoms with van der Waals surface area (Å²) in [7, 11) is 0. The molecule has 7 heavy (non-hydrogen) atoms. The van der Waals surface area contributed by atoms with Crippen molar-refractivity contribution in [2.24, 2.45) is 0 Å². The fourth-order valence-electron chi connectivity index (χ4n) is 0. The molecule has 0 aliphatic rings. The second-order valence-corrected chi connectivity index (χ2v) is 0. The van der Waals surface area contributed by atoms with Crippen molar-refractivity contribution in [3.63, 3.8) is 0 Å². The van der Waals surface area contributed by atoms with Gasteiger partial charge in [0.25, 0.3) is 0 Å². The van der Waals surface area contributed by atoms with Crippen LogP contribution in [0.4, 0.5) is 0 Å². The molecular weight excluding hydrogens is 318 g/mol. The van der Waals surface area contributed by atoms with Crippen LogP contribution in [-0.2, 0) is 111 Å². The van der Waals surface area contributed by atoms with Crippen LogP contribution in [0, 0.1) is 0 Å². The third kappa shape index (κ3) is 43.6. The first-order valence-corrected chi connectivity index (χ1v) is 0. The van der Waals surface area contributed by atoms with Crippen molar-refractivity contribution in [3.8, 4) is 0 Å². The van der Waals surface area contributed by atoms with Crippen LogP contribution in [0.15, 0.2) is 0 Å². The van der Waals surface area contributed by atoms with Gasteiger partial charge in [-0.2, -0.15) is 0 Å². The maximum Gasteiger partial charge on any atom is 0 e. The molecular formula is CH4V6. The van der Waals surface area contributed by atoms with E-state index in [1.165, 1.54) is 0 Å². The number of rotatable bonds is 0. The minimum absolute atomic E-state index is 0. The van der Waals surface area contributed by atoms with E-state index >= 15 is 0 Å². The summed E-state index contributed by atoms with van der Waals surface area (Å²) in [6, 6.07) is 0. The van der Waals surface area contributed by atoms with Gasteiger partial charge in [0.1, 0.15) is 0 Å². The number of hydrogen-bond donors (Lipinski definition) is 0. The third-order valence-electron chi connectivity index (χ3n) is 0. The second kappa shape index (κ2) is 55.9. The van der Waals surface area contributed by atoms with Gasteiger partial charge in [-0.1, -0.05) is 7.43 Å². The first-order chi connectivity index (χ1) is 0.